The van der Waals surface area contributed by atoms with Gasteiger partial charge in [0, 0.05) is 31.0 Å². The molecule has 1 aliphatic heterocycles. The van der Waals surface area contributed by atoms with Crippen LogP contribution in [-0.2, 0) is 0 Å². The van der Waals surface area contributed by atoms with Crippen LogP contribution in [0.3, 0.4) is 0 Å². The molecular weight excluding hydrogens is 246 g/mol. The minimum Gasteiger partial charge on any atom is -0.385 e. The number of likely N-dealkylation sites (tertiary alicyclic amines) is 1. The van der Waals surface area contributed by atoms with Gasteiger partial charge >= 0.3 is 0 Å². The highest BCUT2D eigenvalue weighted by molar-refractivity contribution is 5.54. The summed E-state index contributed by atoms with van der Waals surface area (Å²) in [6.07, 6.45) is 4.01. The van der Waals surface area contributed by atoms with E-state index in [0.717, 1.165) is 19.6 Å². The first-order chi connectivity index (χ1) is 9.83. The highest BCUT2D eigenvalue weighted by Gasteiger charge is 2.09. The third-order valence-electron chi connectivity index (χ3n) is 4.17. The van der Waals surface area contributed by atoms with Gasteiger partial charge in [0.25, 0.3) is 0 Å². The minimum absolute atomic E-state index is 1.07. The van der Waals surface area contributed by atoms with Crippen LogP contribution in [0, 0.1) is 0 Å². The maximum Gasteiger partial charge on any atom is 0.0367 e. The van der Waals surface area contributed by atoms with Crippen molar-refractivity contribution in [2.45, 2.75) is 33.1 Å². The van der Waals surface area contributed by atoms with Crippen molar-refractivity contribution in [3.63, 3.8) is 0 Å². The monoisotopic (exact) mass is 275 g/mol. The van der Waals surface area contributed by atoms with Crippen LogP contribution in [0.15, 0.2) is 24.3 Å². The van der Waals surface area contributed by atoms with Gasteiger partial charge < -0.3 is 15.1 Å². The molecule has 1 aromatic rings. The van der Waals surface area contributed by atoms with Crippen molar-refractivity contribution in [2.24, 2.45) is 0 Å². The van der Waals surface area contributed by atoms with Crippen LogP contribution in [0.25, 0.3) is 0 Å². The lowest BCUT2D eigenvalue weighted by Gasteiger charge is -2.21. The predicted molar refractivity (Wildman–Crippen MR) is 88.8 cm³/mol. The molecule has 2 rings (SSSR count). The molecule has 3 nitrogen and oxygen atoms in total. The average Bonchev–Trinajstić information content (AvgIpc) is 3.00. The smallest absolute Gasteiger partial charge is 0.0367 e. The summed E-state index contributed by atoms with van der Waals surface area (Å²) in [5, 5.41) is 3.53. The van der Waals surface area contributed by atoms with E-state index in [2.05, 4.69) is 53.2 Å². The lowest BCUT2D eigenvalue weighted by Crippen LogP contribution is -2.22. The Morgan fingerprint density at radius 1 is 1.05 bits per heavy atom. The number of nitrogens with one attached hydrogen (secondary N) is 1. The van der Waals surface area contributed by atoms with Crippen molar-refractivity contribution in [1.29, 1.82) is 0 Å². The van der Waals surface area contributed by atoms with Gasteiger partial charge in [-0.15, -0.1) is 0 Å². The second kappa shape index (κ2) is 8.15. The van der Waals surface area contributed by atoms with Gasteiger partial charge in [0.15, 0.2) is 0 Å². The van der Waals surface area contributed by atoms with Gasteiger partial charge in [-0.3, -0.25) is 0 Å². The lowest BCUT2D eigenvalue weighted by molar-refractivity contribution is 0.337. The Labute approximate surface area is 124 Å². The molecule has 20 heavy (non-hydrogen) atoms. The largest absolute Gasteiger partial charge is 0.385 e. The Morgan fingerprint density at radius 2 is 1.70 bits per heavy atom. The molecule has 0 bridgehead atoms. The number of anilines is 2. The molecule has 0 spiro atoms. The fourth-order valence-electron chi connectivity index (χ4n) is 2.92. The molecule has 1 saturated heterocycles. The Morgan fingerprint density at radius 3 is 2.30 bits per heavy atom. The van der Waals surface area contributed by atoms with Crippen LogP contribution >= 0.6 is 0 Å². The molecule has 0 unspecified atom stereocenters. The number of hydrogen-bond acceptors (Lipinski definition) is 3. The summed E-state index contributed by atoms with van der Waals surface area (Å²) >= 11 is 0. The highest BCUT2D eigenvalue weighted by atomic mass is 15.1. The summed E-state index contributed by atoms with van der Waals surface area (Å²) in [6, 6.07) is 8.83. The summed E-state index contributed by atoms with van der Waals surface area (Å²) in [5.41, 5.74) is 2.56. The Bertz CT molecular complexity index is 364. The van der Waals surface area contributed by atoms with E-state index in [9.17, 15) is 0 Å². The van der Waals surface area contributed by atoms with Crippen LogP contribution in [0.5, 0.6) is 0 Å². The topological polar surface area (TPSA) is 18.5 Å². The maximum absolute atomic E-state index is 3.53. The van der Waals surface area contributed by atoms with Gasteiger partial charge in [0.05, 0.1) is 0 Å². The van der Waals surface area contributed by atoms with E-state index in [1.54, 1.807) is 0 Å². The molecule has 0 radical (unpaired) electrons. The predicted octanol–water partition coefficient (Wildman–Crippen LogP) is 3.43. The fraction of sp³-hybridized carbons (Fsp3) is 0.647. The Hall–Kier alpha value is -1.22. The van der Waals surface area contributed by atoms with Gasteiger partial charge in [0.1, 0.15) is 0 Å². The van der Waals surface area contributed by atoms with Crippen LogP contribution in [0.2, 0.25) is 0 Å². The summed E-state index contributed by atoms with van der Waals surface area (Å²) in [7, 11) is 0. The highest BCUT2D eigenvalue weighted by Crippen LogP contribution is 2.17. The first kappa shape index (κ1) is 15.2. The standard InChI is InChI=1S/C17H29N3/c1-3-20(4-2)17-10-8-16(9-11-17)18-12-7-15-19-13-5-6-14-19/h8-11,18H,3-7,12-15H2,1-2H3. The molecule has 0 atom stereocenters. The third-order valence-corrected chi connectivity index (χ3v) is 4.17. The number of hydrogen-bond donors (Lipinski definition) is 1. The van der Waals surface area contributed by atoms with E-state index in [0.29, 0.717) is 0 Å². The summed E-state index contributed by atoms with van der Waals surface area (Å²) < 4.78 is 0. The van der Waals surface area contributed by atoms with Gasteiger partial charge in [-0.25, -0.2) is 0 Å². The van der Waals surface area contributed by atoms with Crippen molar-refractivity contribution in [3.8, 4) is 0 Å². The van der Waals surface area contributed by atoms with Crippen molar-refractivity contribution in [3.05, 3.63) is 24.3 Å². The quantitative estimate of drug-likeness (QED) is 0.733. The molecule has 0 amide bonds. The van der Waals surface area contributed by atoms with Crippen LogP contribution < -0.4 is 10.2 Å². The van der Waals surface area contributed by atoms with Crippen molar-refractivity contribution in [1.82, 2.24) is 4.90 Å². The summed E-state index contributed by atoms with van der Waals surface area (Å²) in [4.78, 5) is 4.95. The number of benzene rings is 1. The van der Waals surface area contributed by atoms with Gasteiger partial charge in [0.2, 0.25) is 0 Å². The van der Waals surface area contributed by atoms with Gasteiger partial charge in [-0.2, -0.15) is 0 Å². The van der Waals surface area contributed by atoms with Crippen LogP contribution in [0.4, 0.5) is 11.4 Å². The molecule has 0 aliphatic carbocycles. The summed E-state index contributed by atoms with van der Waals surface area (Å²) in [6.45, 7) is 11.5. The number of rotatable bonds is 8. The Kier molecular flexibility index (Phi) is 6.19. The van der Waals surface area contributed by atoms with E-state index in [1.165, 1.54) is 50.3 Å². The fourth-order valence-corrected chi connectivity index (χ4v) is 2.92. The SMILES string of the molecule is CCN(CC)c1ccc(NCCCN2CCCC2)cc1. The van der Waals surface area contributed by atoms with Gasteiger partial charge in [-0.05, 0) is 77.0 Å². The van der Waals surface area contributed by atoms with Crippen LogP contribution in [0.1, 0.15) is 33.1 Å². The molecule has 0 aromatic heterocycles. The Balaban J connectivity index is 1.70. The second-order valence-corrected chi connectivity index (χ2v) is 5.55. The molecule has 1 aromatic carbocycles. The minimum atomic E-state index is 1.07. The van der Waals surface area contributed by atoms with Gasteiger partial charge in [-0.1, -0.05) is 0 Å². The van der Waals surface area contributed by atoms with Crippen molar-refractivity contribution in [2.75, 3.05) is 49.5 Å². The second-order valence-electron chi connectivity index (χ2n) is 5.55. The zero-order valence-electron chi connectivity index (χ0n) is 13.1. The summed E-state index contributed by atoms with van der Waals surface area (Å²) in [5.74, 6) is 0. The zero-order valence-corrected chi connectivity index (χ0v) is 13.1. The first-order valence-electron chi connectivity index (χ1n) is 8.14. The first-order valence-corrected chi connectivity index (χ1v) is 8.14. The van der Waals surface area contributed by atoms with Crippen molar-refractivity contribution >= 4 is 11.4 Å². The third kappa shape index (κ3) is 4.41. The molecule has 3 heteroatoms. The molecule has 1 aliphatic rings. The maximum atomic E-state index is 3.53. The van der Waals surface area contributed by atoms with E-state index in [4.69, 9.17) is 0 Å². The van der Waals surface area contributed by atoms with E-state index >= 15 is 0 Å². The average molecular weight is 275 g/mol. The number of nitrogens with zero attached hydrogens (tertiary/aromatic N) is 2. The normalized spacial score (nSPS) is 15.5. The van der Waals surface area contributed by atoms with Crippen LogP contribution in [-0.4, -0.2) is 44.2 Å². The lowest BCUT2D eigenvalue weighted by atomic mass is 10.2. The van der Waals surface area contributed by atoms with E-state index in [-0.39, 0.29) is 0 Å². The zero-order chi connectivity index (χ0) is 14.2. The van der Waals surface area contributed by atoms with Crippen molar-refractivity contribution < 1.29 is 0 Å². The molecule has 1 N–H and O–H groups in total. The molecular formula is C17H29N3. The van der Waals surface area contributed by atoms with E-state index in [1.807, 2.05) is 0 Å². The molecule has 0 saturated carbocycles. The molecule has 112 valence electrons. The molecule has 1 heterocycles. The van der Waals surface area contributed by atoms with E-state index < -0.39 is 0 Å². The molecule has 1 fully saturated rings.